The summed E-state index contributed by atoms with van der Waals surface area (Å²) in [5, 5.41) is 0. The smallest absolute Gasteiger partial charge is 0.241 e. The maximum absolute atomic E-state index is 13.0. The Labute approximate surface area is 153 Å². The van der Waals surface area contributed by atoms with Gasteiger partial charge in [-0.05, 0) is 48.2 Å². The third kappa shape index (κ3) is 6.27. The lowest BCUT2D eigenvalue weighted by Gasteiger charge is -2.24. The molecule has 0 spiro atoms. The van der Waals surface area contributed by atoms with E-state index in [0.717, 1.165) is 17.5 Å². The SMILES string of the molecule is CC(=O)N(CCc1ccc(F)cc1)CC(=O)N(C)CCc1ccncc1. The van der Waals surface area contributed by atoms with Crippen molar-refractivity contribution in [2.75, 3.05) is 26.7 Å². The van der Waals surface area contributed by atoms with Gasteiger partial charge in [0, 0.05) is 39.5 Å². The van der Waals surface area contributed by atoms with Crippen LogP contribution in [-0.4, -0.2) is 53.3 Å². The highest BCUT2D eigenvalue weighted by molar-refractivity contribution is 5.83. The second kappa shape index (κ2) is 9.65. The Morgan fingerprint density at radius 2 is 1.54 bits per heavy atom. The summed E-state index contributed by atoms with van der Waals surface area (Å²) < 4.78 is 13.0. The zero-order valence-electron chi connectivity index (χ0n) is 15.2. The summed E-state index contributed by atoms with van der Waals surface area (Å²) in [7, 11) is 1.74. The van der Waals surface area contributed by atoms with Crippen LogP contribution in [0.3, 0.4) is 0 Å². The average molecular weight is 357 g/mol. The van der Waals surface area contributed by atoms with E-state index in [0.29, 0.717) is 19.5 Å². The molecule has 5 nitrogen and oxygen atoms in total. The quantitative estimate of drug-likeness (QED) is 0.729. The standard InChI is InChI=1S/C20H24FN3O2/c1-16(25)24(14-10-17-3-5-19(21)6-4-17)15-20(26)23(2)13-9-18-7-11-22-12-8-18/h3-8,11-12H,9-10,13-15H2,1-2H3. The molecule has 0 aliphatic heterocycles. The molecule has 0 bridgehead atoms. The van der Waals surface area contributed by atoms with Gasteiger partial charge in [0.25, 0.3) is 0 Å². The zero-order chi connectivity index (χ0) is 18.9. The van der Waals surface area contributed by atoms with Gasteiger partial charge in [-0.15, -0.1) is 0 Å². The van der Waals surface area contributed by atoms with Crippen molar-refractivity contribution in [1.29, 1.82) is 0 Å². The molecule has 1 aromatic carbocycles. The minimum absolute atomic E-state index is 0.0450. The highest BCUT2D eigenvalue weighted by Gasteiger charge is 2.16. The molecule has 26 heavy (non-hydrogen) atoms. The number of benzene rings is 1. The highest BCUT2D eigenvalue weighted by atomic mass is 19.1. The van der Waals surface area contributed by atoms with E-state index in [4.69, 9.17) is 0 Å². The normalized spacial score (nSPS) is 10.4. The minimum Gasteiger partial charge on any atom is -0.344 e. The van der Waals surface area contributed by atoms with Crippen LogP contribution in [0.25, 0.3) is 0 Å². The Morgan fingerprint density at radius 1 is 0.962 bits per heavy atom. The van der Waals surface area contributed by atoms with E-state index in [1.54, 1.807) is 36.5 Å². The summed E-state index contributed by atoms with van der Waals surface area (Å²) in [5.74, 6) is -0.542. The summed E-state index contributed by atoms with van der Waals surface area (Å²) in [6, 6.07) is 10.0. The van der Waals surface area contributed by atoms with Crippen LogP contribution in [0.5, 0.6) is 0 Å². The first-order chi connectivity index (χ1) is 12.5. The van der Waals surface area contributed by atoms with E-state index in [1.807, 2.05) is 12.1 Å². The number of likely N-dealkylation sites (N-methyl/N-ethyl adjacent to an activating group) is 1. The molecule has 0 saturated carbocycles. The Kier molecular flexibility index (Phi) is 7.26. The number of hydrogen-bond acceptors (Lipinski definition) is 3. The molecule has 0 fully saturated rings. The minimum atomic E-state index is -0.289. The van der Waals surface area contributed by atoms with Gasteiger partial charge in [-0.2, -0.15) is 0 Å². The van der Waals surface area contributed by atoms with E-state index in [9.17, 15) is 14.0 Å². The van der Waals surface area contributed by atoms with Gasteiger partial charge in [0.05, 0.1) is 6.54 Å². The third-order valence-corrected chi connectivity index (χ3v) is 4.27. The van der Waals surface area contributed by atoms with E-state index in [2.05, 4.69) is 4.98 Å². The molecule has 6 heteroatoms. The van der Waals surface area contributed by atoms with Crippen LogP contribution in [0.2, 0.25) is 0 Å². The molecule has 0 radical (unpaired) electrons. The van der Waals surface area contributed by atoms with Gasteiger partial charge in [0.2, 0.25) is 11.8 Å². The summed E-state index contributed by atoms with van der Waals surface area (Å²) in [6.07, 6.45) is 4.77. The molecule has 0 unspecified atom stereocenters. The van der Waals surface area contributed by atoms with Crippen molar-refractivity contribution in [2.45, 2.75) is 19.8 Å². The fraction of sp³-hybridized carbons (Fsp3) is 0.350. The number of nitrogens with zero attached hydrogens (tertiary/aromatic N) is 3. The average Bonchev–Trinajstić information content (AvgIpc) is 2.64. The molecule has 1 aromatic heterocycles. The lowest BCUT2D eigenvalue weighted by atomic mass is 10.1. The molecule has 0 N–H and O–H groups in total. The van der Waals surface area contributed by atoms with Crippen molar-refractivity contribution >= 4 is 11.8 Å². The second-order valence-corrected chi connectivity index (χ2v) is 6.24. The summed E-state index contributed by atoms with van der Waals surface area (Å²) >= 11 is 0. The lowest BCUT2D eigenvalue weighted by Crippen LogP contribution is -2.42. The third-order valence-electron chi connectivity index (χ3n) is 4.27. The van der Waals surface area contributed by atoms with Gasteiger partial charge >= 0.3 is 0 Å². The maximum atomic E-state index is 13.0. The van der Waals surface area contributed by atoms with Gasteiger partial charge < -0.3 is 9.80 Å². The van der Waals surface area contributed by atoms with E-state index in [-0.39, 0.29) is 24.2 Å². The van der Waals surface area contributed by atoms with Crippen LogP contribution >= 0.6 is 0 Å². The fourth-order valence-electron chi connectivity index (χ4n) is 2.52. The topological polar surface area (TPSA) is 53.5 Å². The fourth-order valence-corrected chi connectivity index (χ4v) is 2.52. The molecule has 0 saturated heterocycles. The molecular formula is C20H24FN3O2. The summed E-state index contributed by atoms with van der Waals surface area (Å²) in [4.78, 5) is 31.4. The van der Waals surface area contributed by atoms with Crippen molar-refractivity contribution in [2.24, 2.45) is 0 Å². The van der Waals surface area contributed by atoms with Crippen LogP contribution in [0, 0.1) is 5.82 Å². The van der Waals surface area contributed by atoms with Crippen molar-refractivity contribution in [3.63, 3.8) is 0 Å². The Balaban J connectivity index is 1.84. The number of pyridine rings is 1. The first kappa shape index (κ1) is 19.6. The summed E-state index contributed by atoms with van der Waals surface area (Å²) in [5.41, 5.74) is 2.04. The number of aromatic nitrogens is 1. The number of carbonyl (C=O) groups is 2. The van der Waals surface area contributed by atoms with Crippen LogP contribution in [0.15, 0.2) is 48.8 Å². The number of hydrogen-bond donors (Lipinski definition) is 0. The number of carbonyl (C=O) groups excluding carboxylic acids is 2. The predicted octanol–water partition coefficient (Wildman–Crippen LogP) is 2.31. The molecule has 2 rings (SSSR count). The Bertz CT molecular complexity index is 720. The van der Waals surface area contributed by atoms with Gasteiger partial charge in [0.1, 0.15) is 5.82 Å². The molecule has 0 aliphatic rings. The molecule has 0 aliphatic carbocycles. The predicted molar refractivity (Wildman–Crippen MR) is 97.9 cm³/mol. The molecule has 138 valence electrons. The maximum Gasteiger partial charge on any atom is 0.241 e. The second-order valence-electron chi connectivity index (χ2n) is 6.24. The van der Waals surface area contributed by atoms with Crippen LogP contribution in [0.4, 0.5) is 4.39 Å². The first-order valence-corrected chi connectivity index (χ1v) is 8.58. The highest BCUT2D eigenvalue weighted by Crippen LogP contribution is 2.06. The van der Waals surface area contributed by atoms with Gasteiger partial charge in [-0.1, -0.05) is 12.1 Å². The Hall–Kier alpha value is -2.76. The van der Waals surface area contributed by atoms with Crippen LogP contribution in [0.1, 0.15) is 18.1 Å². The monoisotopic (exact) mass is 357 g/mol. The number of amides is 2. The van der Waals surface area contributed by atoms with Gasteiger partial charge in [-0.3, -0.25) is 14.6 Å². The zero-order valence-corrected chi connectivity index (χ0v) is 15.2. The van der Waals surface area contributed by atoms with E-state index >= 15 is 0 Å². The molecule has 2 aromatic rings. The first-order valence-electron chi connectivity index (χ1n) is 8.58. The molecule has 2 amide bonds. The molecular weight excluding hydrogens is 333 g/mol. The van der Waals surface area contributed by atoms with Crippen molar-refractivity contribution in [1.82, 2.24) is 14.8 Å². The Morgan fingerprint density at radius 3 is 2.15 bits per heavy atom. The van der Waals surface area contributed by atoms with Gasteiger partial charge in [-0.25, -0.2) is 4.39 Å². The van der Waals surface area contributed by atoms with Crippen LogP contribution in [-0.2, 0) is 22.4 Å². The summed E-state index contributed by atoms with van der Waals surface area (Å²) in [6.45, 7) is 2.50. The molecule has 1 heterocycles. The largest absolute Gasteiger partial charge is 0.344 e. The van der Waals surface area contributed by atoms with E-state index in [1.165, 1.54) is 24.0 Å². The van der Waals surface area contributed by atoms with Crippen molar-refractivity contribution in [3.05, 3.63) is 65.7 Å². The van der Waals surface area contributed by atoms with Crippen molar-refractivity contribution in [3.8, 4) is 0 Å². The number of halogens is 1. The number of rotatable bonds is 8. The molecule has 0 atom stereocenters. The lowest BCUT2D eigenvalue weighted by molar-refractivity contribution is -0.138. The van der Waals surface area contributed by atoms with Gasteiger partial charge in [0.15, 0.2) is 0 Å². The van der Waals surface area contributed by atoms with Crippen LogP contribution < -0.4 is 0 Å². The van der Waals surface area contributed by atoms with Crippen molar-refractivity contribution < 1.29 is 14.0 Å². The van der Waals surface area contributed by atoms with E-state index < -0.39 is 0 Å².